The second-order valence-corrected chi connectivity index (χ2v) is 5.38. The third-order valence-electron chi connectivity index (χ3n) is 3.68. The van der Waals surface area contributed by atoms with E-state index in [-0.39, 0.29) is 0 Å². The molecule has 0 radical (unpaired) electrons. The van der Waals surface area contributed by atoms with E-state index in [1.807, 2.05) is 36.4 Å². The van der Waals surface area contributed by atoms with Gasteiger partial charge in [-0.05, 0) is 35.2 Å². The summed E-state index contributed by atoms with van der Waals surface area (Å²) in [7, 11) is 0. The van der Waals surface area contributed by atoms with Crippen molar-refractivity contribution in [3.63, 3.8) is 0 Å². The molecule has 116 valence electrons. The minimum Gasteiger partial charge on any atom is -0.494 e. The fourth-order valence-corrected chi connectivity index (χ4v) is 2.29. The van der Waals surface area contributed by atoms with E-state index in [9.17, 15) is 5.11 Å². The average Bonchev–Trinajstić information content (AvgIpc) is 2.59. The van der Waals surface area contributed by atoms with Crippen LogP contribution >= 0.6 is 0 Å². The normalized spacial score (nSPS) is 11.9. The number of benzene rings is 2. The molecule has 0 aliphatic rings. The van der Waals surface area contributed by atoms with Crippen LogP contribution < -0.4 is 4.74 Å². The van der Waals surface area contributed by atoms with Crippen molar-refractivity contribution in [2.24, 2.45) is 0 Å². The van der Waals surface area contributed by atoms with E-state index in [2.05, 4.69) is 25.6 Å². The second kappa shape index (κ2) is 8.40. The highest BCUT2D eigenvalue weighted by Crippen LogP contribution is 2.24. The van der Waals surface area contributed by atoms with E-state index < -0.39 is 6.10 Å². The first-order valence-electron chi connectivity index (χ1n) is 7.88. The largest absolute Gasteiger partial charge is 0.494 e. The standard InChI is InChI=1S/C20H24O2/c1-3-5-6-15-22-19-13-11-17(12-14-19)16-7-9-18(10-8-16)20(21)4-2/h4,7-14,20-21H,2-3,5-6,15H2,1H3. The van der Waals surface area contributed by atoms with Gasteiger partial charge in [-0.25, -0.2) is 0 Å². The van der Waals surface area contributed by atoms with Crippen molar-refractivity contribution in [2.75, 3.05) is 6.61 Å². The van der Waals surface area contributed by atoms with Crippen molar-refractivity contribution >= 4 is 0 Å². The molecule has 2 heteroatoms. The van der Waals surface area contributed by atoms with Crippen molar-refractivity contribution in [1.29, 1.82) is 0 Å². The second-order valence-electron chi connectivity index (χ2n) is 5.38. The molecule has 0 bridgehead atoms. The zero-order valence-electron chi connectivity index (χ0n) is 13.2. The Balaban J connectivity index is 1.99. The van der Waals surface area contributed by atoms with Crippen LogP contribution in [0.5, 0.6) is 5.75 Å². The zero-order valence-corrected chi connectivity index (χ0v) is 13.2. The molecule has 0 amide bonds. The van der Waals surface area contributed by atoms with Crippen LogP contribution in [0.4, 0.5) is 0 Å². The van der Waals surface area contributed by atoms with Crippen molar-refractivity contribution in [3.8, 4) is 16.9 Å². The van der Waals surface area contributed by atoms with E-state index in [1.54, 1.807) is 0 Å². The van der Waals surface area contributed by atoms with Crippen LogP contribution in [0.15, 0.2) is 61.2 Å². The number of aliphatic hydroxyl groups excluding tert-OH is 1. The minimum atomic E-state index is -0.604. The first kappa shape index (κ1) is 16.3. The van der Waals surface area contributed by atoms with Crippen molar-refractivity contribution in [3.05, 3.63) is 66.7 Å². The van der Waals surface area contributed by atoms with Gasteiger partial charge in [0.05, 0.1) is 12.7 Å². The molecule has 2 aromatic rings. The maximum atomic E-state index is 9.71. The molecular formula is C20H24O2. The monoisotopic (exact) mass is 296 g/mol. The average molecular weight is 296 g/mol. The Bertz CT molecular complexity index is 570. The molecule has 0 spiro atoms. The van der Waals surface area contributed by atoms with Crippen LogP contribution in [0.1, 0.15) is 37.9 Å². The lowest BCUT2D eigenvalue weighted by molar-refractivity contribution is 0.229. The van der Waals surface area contributed by atoms with Gasteiger partial charge in [0, 0.05) is 0 Å². The van der Waals surface area contributed by atoms with Crippen molar-refractivity contribution in [1.82, 2.24) is 0 Å². The van der Waals surface area contributed by atoms with Gasteiger partial charge < -0.3 is 9.84 Å². The quantitative estimate of drug-likeness (QED) is 0.539. The van der Waals surface area contributed by atoms with E-state index in [0.717, 1.165) is 35.5 Å². The lowest BCUT2D eigenvalue weighted by Gasteiger charge is -2.09. The molecule has 0 fully saturated rings. The Labute approximate surface area is 133 Å². The summed E-state index contributed by atoms with van der Waals surface area (Å²) in [6.45, 7) is 6.57. The smallest absolute Gasteiger partial charge is 0.119 e. The van der Waals surface area contributed by atoms with Gasteiger partial charge >= 0.3 is 0 Å². The molecule has 2 aromatic carbocycles. The van der Waals surface area contributed by atoms with Crippen LogP contribution in [-0.2, 0) is 0 Å². The Morgan fingerprint density at radius 1 is 1.00 bits per heavy atom. The summed E-state index contributed by atoms with van der Waals surface area (Å²) in [6, 6.07) is 16.0. The summed E-state index contributed by atoms with van der Waals surface area (Å²) in [5.41, 5.74) is 3.12. The molecule has 0 heterocycles. The van der Waals surface area contributed by atoms with Gasteiger partial charge in [0.1, 0.15) is 5.75 Å². The molecular weight excluding hydrogens is 272 g/mol. The lowest BCUT2D eigenvalue weighted by Crippen LogP contribution is -1.96. The van der Waals surface area contributed by atoms with Crippen molar-refractivity contribution in [2.45, 2.75) is 32.3 Å². The summed E-state index contributed by atoms with van der Waals surface area (Å²) in [6.07, 6.45) is 4.44. The van der Waals surface area contributed by atoms with Crippen LogP contribution in [0.3, 0.4) is 0 Å². The highest BCUT2D eigenvalue weighted by Gasteiger charge is 2.03. The molecule has 22 heavy (non-hydrogen) atoms. The third kappa shape index (κ3) is 4.47. The van der Waals surface area contributed by atoms with Crippen LogP contribution in [0.2, 0.25) is 0 Å². The van der Waals surface area contributed by atoms with Gasteiger partial charge in [-0.2, -0.15) is 0 Å². The maximum Gasteiger partial charge on any atom is 0.119 e. The van der Waals surface area contributed by atoms with E-state index in [0.29, 0.717) is 0 Å². The van der Waals surface area contributed by atoms with E-state index >= 15 is 0 Å². The van der Waals surface area contributed by atoms with Gasteiger partial charge in [-0.15, -0.1) is 6.58 Å². The van der Waals surface area contributed by atoms with Crippen LogP contribution in [0, 0.1) is 0 Å². The Hall–Kier alpha value is -2.06. The minimum absolute atomic E-state index is 0.604. The van der Waals surface area contributed by atoms with Gasteiger partial charge in [0.2, 0.25) is 0 Å². The van der Waals surface area contributed by atoms with Crippen molar-refractivity contribution < 1.29 is 9.84 Å². The number of ether oxygens (including phenoxy) is 1. The van der Waals surface area contributed by atoms with Gasteiger partial charge in [-0.1, -0.05) is 62.2 Å². The Morgan fingerprint density at radius 2 is 1.59 bits per heavy atom. The topological polar surface area (TPSA) is 29.5 Å². The summed E-state index contributed by atoms with van der Waals surface area (Å²) in [4.78, 5) is 0. The molecule has 0 saturated carbocycles. The molecule has 1 atom stereocenters. The first-order valence-corrected chi connectivity index (χ1v) is 7.88. The first-order chi connectivity index (χ1) is 10.7. The number of hydrogen-bond donors (Lipinski definition) is 1. The Kier molecular flexibility index (Phi) is 6.23. The molecule has 0 saturated heterocycles. The third-order valence-corrected chi connectivity index (χ3v) is 3.68. The lowest BCUT2D eigenvalue weighted by atomic mass is 10.0. The molecule has 1 unspecified atom stereocenters. The molecule has 0 aromatic heterocycles. The predicted octanol–water partition coefficient (Wildman–Crippen LogP) is 5.14. The summed E-state index contributed by atoms with van der Waals surface area (Å²) in [5.74, 6) is 0.915. The number of rotatable bonds is 8. The molecule has 1 N–H and O–H groups in total. The summed E-state index contributed by atoms with van der Waals surface area (Å²) >= 11 is 0. The zero-order chi connectivity index (χ0) is 15.8. The van der Waals surface area contributed by atoms with Gasteiger partial charge in [0.15, 0.2) is 0 Å². The molecule has 2 rings (SSSR count). The molecule has 0 aliphatic carbocycles. The maximum absolute atomic E-state index is 9.71. The van der Waals surface area contributed by atoms with E-state index in [1.165, 1.54) is 18.9 Å². The van der Waals surface area contributed by atoms with Gasteiger partial charge in [-0.3, -0.25) is 0 Å². The summed E-state index contributed by atoms with van der Waals surface area (Å²) in [5, 5.41) is 9.71. The fourth-order valence-electron chi connectivity index (χ4n) is 2.29. The highest BCUT2D eigenvalue weighted by molar-refractivity contribution is 5.64. The highest BCUT2D eigenvalue weighted by atomic mass is 16.5. The van der Waals surface area contributed by atoms with Crippen LogP contribution in [-0.4, -0.2) is 11.7 Å². The van der Waals surface area contributed by atoms with E-state index in [4.69, 9.17) is 4.74 Å². The van der Waals surface area contributed by atoms with Gasteiger partial charge in [0.25, 0.3) is 0 Å². The Morgan fingerprint density at radius 3 is 2.14 bits per heavy atom. The summed E-state index contributed by atoms with van der Waals surface area (Å²) < 4.78 is 5.72. The molecule has 0 aliphatic heterocycles. The number of hydrogen-bond acceptors (Lipinski definition) is 2. The van der Waals surface area contributed by atoms with Crippen LogP contribution in [0.25, 0.3) is 11.1 Å². The predicted molar refractivity (Wildman–Crippen MR) is 92.1 cm³/mol. The SMILES string of the molecule is C=CC(O)c1ccc(-c2ccc(OCCCCC)cc2)cc1. The fraction of sp³-hybridized carbons (Fsp3) is 0.300. The number of aliphatic hydroxyl groups is 1. The number of unbranched alkanes of at least 4 members (excludes halogenated alkanes) is 2. The molecule has 2 nitrogen and oxygen atoms in total.